The second-order valence-corrected chi connectivity index (χ2v) is 4.92. The van der Waals surface area contributed by atoms with Gasteiger partial charge in [0, 0.05) is 6.42 Å². The maximum absolute atomic E-state index is 11.3. The minimum absolute atomic E-state index is 0.175. The largest absolute Gasteiger partial charge is 0.460 e. The number of rotatable bonds is 6. The van der Waals surface area contributed by atoms with E-state index in [9.17, 15) is 9.90 Å². The van der Waals surface area contributed by atoms with Gasteiger partial charge in [-0.2, -0.15) is 0 Å². The molecule has 0 aromatic rings. The lowest BCUT2D eigenvalue weighted by Gasteiger charge is -2.19. The van der Waals surface area contributed by atoms with E-state index in [4.69, 9.17) is 4.74 Å². The molecule has 0 aliphatic heterocycles. The van der Waals surface area contributed by atoms with Crippen LogP contribution < -0.4 is 0 Å². The van der Waals surface area contributed by atoms with Gasteiger partial charge in [0.05, 0.1) is 6.10 Å². The Morgan fingerprint density at radius 3 is 2.40 bits per heavy atom. The molecular weight excluding hydrogens is 192 g/mol. The Labute approximate surface area is 92.8 Å². The molecule has 15 heavy (non-hydrogen) atoms. The van der Waals surface area contributed by atoms with Gasteiger partial charge in [-0.05, 0) is 40.0 Å². The summed E-state index contributed by atoms with van der Waals surface area (Å²) in [5.41, 5.74) is -0.404. The molecule has 0 aromatic heterocycles. The highest BCUT2D eigenvalue weighted by Crippen LogP contribution is 2.11. The number of aliphatic hydroxyl groups excluding tert-OH is 1. The average Bonchev–Trinajstić information content (AvgIpc) is 2.00. The maximum Gasteiger partial charge on any atom is 0.306 e. The summed E-state index contributed by atoms with van der Waals surface area (Å²) in [6.45, 7) is 7.61. The van der Waals surface area contributed by atoms with Gasteiger partial charge in [-0.15, -0.1) is 0 Å². The number of carbonyl (C=O) groups is 1. The zero-order valence-electron chi connectivity index (χ0n) is 10.4. The number of hydrogen-bond donors (Lipinski definition) is 1. The van der Waals surface area contributed by atoms with Crippen molar-refractivity contribution >= 4 is 5.97 Å². The van der Waals surface area contributed by atoms with E-state index in [1.807, 2.05) is 27.7 Å². The number of aliphatic hydroxyl groups is 1. The molecule has 0 radical (unpaired) electrons. The molecule has 0 saturated carbocycles. The van der Waals surface area contributed by atoms with Crippen LogP contribution in [-0.4, -0.2) is 22.8 Å². The quantitative estimate of drug-likeness (QED) is 0.694. The van der Waals surface area contributed by atoms with E-state index in [-0.39, 0.29) is 12.1 Å². The van der Waals surface area contributed by atoms with Crippen molar-refractivity contribution in [2.24, 2.45) is 0 Å². The Balaban J connectivity index is 3.55. The third kappa shape index (κ3) is 9.73. The molecule has 3 nitrogen and oxygen atoms in total. The van der Waals surface area contributed by atoms with E-state index < -0.39 is 5.60 Å². The van der Waals surface area contributed by atoms with Gasteiger partial charge in [-0.25, -0.2) is 0 Å². The Morgan fingerprint density at radius 2 is 1.93 bits per heavy atom. The van der Waals surface area contributed by atoms with Crippen LogP contribution in [0.5, 0.6) is 0 Å². The van der Waals surface area contributed by atoms with E-state index >= 15 is 0 Å². The second-order valence-electron chi connectivity index (χ2n) is 4.92. The summed E-state index contributed by atoms with van der Waals surface area (Å²) in [6.07, 6.45) is 3.32. The van der Waals surface area contributed by atoms with E-state index in [2.05, 4.69) is 0 Å². The van der Waals surface area contributed by atoms with Gasteiger partial charge in [-0.1, -0.05) is 13.3 Å². The summed E-state index contributed by atoms with van der Waals surface area (Å²) in [6, 6.07) is 0. The predicted octanol–water partition coefficient (Wildman–Crippen LogP) is 2.66. The molecule has 90 valence electrons. The lowest BCUT2D eigenvalue weighted by Crippen LogP contribution is -2.23. The van der Waals surface area contributed by atoms with Crippen molar-refractivity contribution in [2.45, 2.75) is 71.5 Å². The van der Waals surface area contributed by atoms with Crippen LogP contribution in [-0.2, 0) is 9.53 Å². The zero-order chi connectivity index (χ0) is 11.9. The minimum Gasteiger partial charge on any atom is -0.460 e. The van der Waals surface area contributed by atoms with Gasteiger partial charge in [0.15, 0.2) is 0 Å². The van der Waals surface area contributed by atoms with Crippen LogP contribution in [0, 0.1) is 0 Å². The van der Waals surface area contributed by atoms with E-state index in [0.717, 1.165) is 12.8 Å². The van der Waals surface area contributed by atoms with Crippen molar-refractivity contribution in [3.63, 3.8) is 0 Å². The Bertz CT molecular complexity index is 182. The third-order valence-electron chi connectivity index (χ3n) is 1.96. The van der Waals surface area contributed by atoms with E-state index in [1.165, 1.54) is 0 Å². The predicted molar refractivity (Wildman–Crippen MR) is 60.6 cm³/mol. The highest BCUT2D eigenvalue weighted by atomic mass is 16.6. The van der Waals surface area contributed by atoms with Gasteiger partial charge in [0.2, 0.25) is 0 Å². The molecule has 0 rings (SSSR count). The van der Waals surface area contributed by atoms with Crippen LogP contribution in [0.15, 0.2) is 0 Å². The molecule has 0 bridgehead atoms. The summed E-state index contributed by atoms with van der Waals surface area (Å²) in [5, 5.41) is 9.44. The number of ether oxygens (including phenoxy) is 1. The number of hydrogen-bond acceptors (Lipinski definition) is 3. The van der Waals surface area contributed by atoms with Gasteiger partial charge < -0.3 is 9.84 Å². The first kappa shape index (κ1) is 14.4. The van der Waals surface area contributed by atoms with Crippen molar-refractivity contribution in [3.8, 4) is 0 Å². The van der Waals surface area contributed by atoms with Crippen LogP contribution in [0.3, 0.4) is 0 Å². The topological polar surface area (TPSA) is 46.5 Å². The van der Waals surface area contributed by atoms with Gasteiger partial charge in [0.1, 0.15) is 5.60 Å². The molecule has 1 unspecified atom stereocenters. The fraction of sp³-hybridized carbons (Fsp3) is 0.917. The SMILES string of the molecule is CCCC(O)CCCC(=O)OC(C)(C)C. The van der Waals surface area contributed by atoms with Crippen LogP contribution in [0.2, 0.25) is 0 Å². The molecule has 0 aliphatic carbocycles. The molecule has 0 aromatic carbocycles. The summed E-state index contributed by atoms with van der Waals surface area (Å²) in [5.74, 6) is -0.175. The molecule has 0 saturated heterocycles. The smallest absolute Gasteiger partial charge is 0.306 e. The fourth-order valence-electron chi connectivity index (χ4n) is 1.35. The van der Waals surface area contributed by atoms with Crippen molar-refractivity contribution in [1.82, 2.24) is 0 Å². The fourth-order valence-corrected chi connectivity index (χ4v) is 1.35. The van der Waals surface area contributed by atoms with Crippen molar-refractivity contribution < 1.29 is 14.6 Å². The highest BCUT2D eigenvalue weighted by molar-refractivity contribution is 5.69. The van der Waals surface area contributed by atoms with Crippen LogP contribution in [0.1, 0.15) is 59.8 Å². The Kier molecular flexibility index (Phi) is 6.57. The molecule has 0 fully saturated rings. The Hall–Kier alpha value is -0.570. The summed E-state index contributed by atoms with van der Waals surface area (Å²) >= 11 is 0. The molecule has 1 atom stereocenters. The number of esters is 1. The lowest BCUT2D eigenvalue weighted by molar-refractivity contribution is -0.155. The van der Waals surface area contributed by atoms with Gasteiger partial charge in [-0.3, -0.25) is 4.79 Å². The standard InChI is InChI=1S/C12H24O3/c1-5-7-10(13)8-6-9-11(14)15-12(2,3)4/h10,13H,5-9H2,1-4H3. The first-order valence-corrected chi connectivity index (χ1v) is 5.75. The summed E-state index contributed by atoms with van der Waals surface area (Å²) in [7, 11) is 0. The monoisotopic (exact) mass is 216 g/mol. The molecule has 0 amide bonds. The summed E-state index contributed by atoms with van der Waals surface area (Å²) < 4.78 is 5.16. The molecule has 0 spiro atoms. The molecule has 3 heteroatoms. The maximum atomic E-state index is 11.3. The first-order chi connectivity index (χ1) is 6.85. The van der Waals surface area contributed by atoms with E-state index in [0.29, 0.717) is 19.3 Å². The van der Waals surface area contributed by atoms with Crippen molar-refractivity contribution in [3.05, 3.63) is 0 Å². The van der Waals surface area contributed by atoms with Crippen molar-refractivity contribution in [1.29, 1.82) is 0 Å². The molecular formula is C12H24O3. The van der Waals surface area contributed by atoms with Crippen LogP contribution >= 0.6 is 0 Å². The first-order valence-electron chi connectivity index (χ1n) is 5.75. The number of carbonyl (C=O) groups excluding carboxylic acids is 1. The zero-order valence-corrected chi connectivity index (χ0v) is 10.4. The summed E-state index contributed by atoms with van der Waals surface area (Å²) in [4.78, 5) is 11.3. The normalized spacial score (nSPS) is 13.7. The lowest BCUT2D eigenvalue weighted by atomic mass is 10.1. The molecule has 0 aliphatic rings. The Morgan fingerprint density at radius 1 is 1.33 bits per heavy atom. The van der Waals surface area contributed by atoms with Crippen LogP contribution in [0.4, 0.5) is 0 Å². The van der Waals surface area contributed by atoms with Gasteiger partial charge in [0.25, 0.3) is 0 Å². The highest BCUT2D eigenvalue weighted by Gasteiger charge is 2.16. The average molecular weight is 216 g/mol. The second kappa shape index (κ2) is 6.83. The molecule has 0 heterocycles. The third-order valence-corrected chi connectivity index (χ3v) is 1.96. The minimum atomic E-state index is -0.404. The van der Waals surface area contributed by atoms with E-state index in [1.54, 1.807) is 0 Å². The van der Waals surface area contributed by atoms with Crippen LogP contribution in [0.25, 0.3) is 0 Å². The van der Waals surface area contributed by atoms with Gasteiger partial charge >= 0.3 is 5.97 Å². The molecule has 1 N–H and O–H groups in total. The van der Waals surface area contributed by atoms with Crippen molar-refractivity contribution in [2.75, 3.05) is 0 Å².